The highest BCUT2D eigenvalue weighted by atomic mass is 35.5. The Bertz CT molecular complexity index is 336. The van der Waals surface area contributed by atoms with Crippen molar-refractivity contribution >= 4 is 17.3 Å². The minimum absolute atomic E-state index is 0.114. The van der Waals surface area contributed by atoms with E-state index in [-0.39, 0.29) is 5.02 Å². The van der Waals surface area contributed by atoms with Gasteiger partial charge in [0, 0.05) is 12.2 Å². The maximum atomic E-state index is 13.0. The first kappa shape index (κ1) is 12.3. The van der Waals surface area contributed by atoms with E-state index in [4.69, 9.17) is 11.6 Å². The highest BCUT2D eigenvalue weighted by Crippen LogP contribution is 2.19. The van der Waals surface area contributed by atoms with E-state index >= 15 is 0 Å². The summed E-state index contributed by atoms with van der Waals surface area (Å²) in [5.74, 6) is -0.440. The molecule has 0 aromatic heterocycles. The molecule has 1 rings (SSSR count). The van der Waals surface area contributed by atoms with Crippen molar-refractivity contribution in [3.05, 3.63) is 29.0 Å². The van der Waals surface area contributed by atoms with Crippen molar-refractivity contribution in [3.63, 3.8) is 0 Å². The number of hydrogen-bond acceptors (Lipinski definition) is 2. The average molecular weight is 232 g/mol. The van der Waals surface area contributed by atoms with E-state index in [0.29, 0.717) is 18.7 Å². The van der Waals surface area contributed by atoms with Gasteiger partial charge in [-0.15, -0.1) is 0 Å². The molecule has 0 saturated heterocycles. The Balaban J connectivity index is 2.48. The van der Waals surface area contributed by atoms with Gasteiger partial charge in [0.1, 0.15) is 5.82 Å². The van der Waals surface area contributed by atoms with E-state index in [1.54, 1.807) is 19.9 Å². The minimum Gasteiger partial charge on any atom is -0.390 e. The minimum atomic E-state index is -0.710. The second-order valence-corrected chi connectivity index (χ2v) is 4.53. The molecule has 2 nitrogen and oxygen atoms in total. The van der Waals surface area contributed by atoms with Gasteiger partial charge in [0.2, 0.25) is 0 Å². The average Bonchev–Trinajstić information content (AvgIpc) is 2.09. The van der Waals surface area contributed by atoms with Gasteiger partial charge in [0.25, 0.3) is 0 Å². The molecule has 0 aliphatic heterocycles. The van der Waals surface area contributed by atoms with Crippen LogP contribution in [0.4, 0.5) is 10.1 Å². The number of aliphatic hydroxyl groups is 1. The molecule has 0 spiro atoms. The zero-order valence-electron chi connectivity index (χ0n) is 8.85. The van der Waals surface area contributed by atoms with Gasteiger partial charge < -0.3 is 10.4 Å². The Hall–Kier alpha value is -0.800. The molecule has 0 aliphatic carbocycles. The number of nitrogens with one attached hydrogen (secondary N) is 1. The lowest BCUT2D eigenvalue weighted by atomic mass is 10.1. The summed E-state index contributed by atoms with van der Waals surface area (Å²) in [4.78, 5) is 0. The molecule has 15 heavy (non-hydrogen) atoms. The summed E-state index contributed by atoms with van der Waals surface area (Å²) in [5, 5.41) is 12.6. The molecular formula is C11H15ClFNO. The Labute approximate surface area is 94.1 Å². The van der Waals surface area contributed by atoms with Gasteiger partial charge in [-0.25, -0.2) is 4.39 Å². The fourth-order valence-corrected chi connectivity index (χ4v) is 1.24. The predicted molar refractivity (Wildman–Crippen MR) is 60.8 cm³/mol. The first-order valence-electron chi connectivity index (χ1n) is 4.80. The fourth-order valence-electron chi connectivity index (χ4n) is 1.12. The lowest BCUT2D eigenvalue weighted by Crippen LogP contribution is -2.22. The summed E-state index contributed by atoms with van der Waals surface area (Å²) in [6.07, 6.45) is 0.594. The number of benzene rings is 1. The largest absolute Gasteiger partial charge is 0.390 e. The van der Waals surface area contributed by atoms with Crippen LogP contribution in [0.2, 0.25) is 5.02 Å². The molecule has 0 saturated carbocycles. The molecule has 0 atom stereocenters. The van der Waals surface area contributed by atoms with Crippen molar-refractivity contribution in [2.45, 2.75) is 25.9 Å². The third kappa shape index (κ3) is 4.49. The summed E-state index contributed by atoms with van der Waals surface area (Å²) in [7, 11) is 0. The molecule has 1 aromatic rings. The lowest BCUT2D eigenvalue weighted by Gasteiger charge is -2.17. The third-order valence-corrected chi connectivity index (χ3v) is 2.29. The second-order valence-electron chi connectivity index (χ2n) is 4.12. The standard InChI is InChI=1S/C11H15ClFNO/c1-11(2,15)5-6-14-8-3-4-9(12)10(13)7-8/h3-4,7,14-15H,5-6H2,1-2H3. The molecular weight excluding hydrogens is 217 g/mol. The predicted octanol–water partition coefficient (Wildman–Crippen LogP) is 3.05. The van der Waals surface area contributed by atoms with Crippen LogP contribution in [0.15, 0.2) is 18.2 Å². The van der Waals surface area contributed by atoms with E-state index in [0.717, 1.165) is 0 Å². The Morgan fingerprint density at radius 2 is 2.13 bits per heavy atom. The van der Waals surface area contributed by atoms with Crippen LogP contribution >= 0.6 is 11.6 Å². The highest BCUT2D eigenvalue weighted by molar-refractivity contribution is 6.30. The van der Waals surface area contributed by atoms with Crippen LogP contribution in [-0.2, 0) is 0 Å². The molecule has 0 amide bonds. The smallest absolute Gasteiger partial charge is 0.143 e. The Morgan fingerprint density at radius 1 is 1.47 bits per heavy atom. The summed E-state index contributed by atoms with van der Waals surface area (Å²) in [6, 6.07) is 4.55. The number of rotatable bonds is 4. The van der Waals surface area contributed by atoms with Crippen molar-refractivity contribution in [3.8, 4) is 0 Å². The molecule has 1 aromatic carbocycles. The van der Waals surface area contributed by atoms with Gasteiger partial charge in [-0.2, -0.15) is 0 Å². The van der Waals surface area contributed by atoms with Crippen LogP contribution in [0.5, 0.6) is 0 Å². The van der Waals surface area contributed by atoms with Crippen molar-refractivity contribution in [1.29, 1.82) is 0 Å². The van der Waals surface area contributed by atoms with Crippen molar-refractivity contribution in [1.82, 2.24) is 0 Å². The molecule has 0 unspecified atom stereocenters. The summed E-state index contributed by atoms with van der Waals surface area (Å²) in [5.41, 5.74) is -0.0426. The van der Waals surface area contributed by atoms with Crippen LogP contribution in [0.25, 0.3) is 0 Å². The van der Waals surface area contributed by atoms with Gasteiger partial charge >= 0.3 is 0 Å². The van der Waals surface area contributed by atoms with Crippen LogP contribution in [0.3, 0.4) is 0 Å². The van der Waals surface area contributed by atoms with E-state index in [2.05, 4.69) is 5.32 Å². The normalized spacial score (nSPS) is 11.5. The number of hydrogen-bond donors (Lipinski definition) is 2. The zero-order valence-corrected chi connectivity index (χ0v) is 9.61. The maximum absolute atomic E-state index is 13.0. The molecule has 0 fully saturated rings. The van der Waals surface area contributed by atoms with E-state index < -0.39 is 11.4 Å². The van der Waals surface area contributed by atoms with Gasteiger partial charge in [-0.05, 0) is 38.5 Å². The topological polar surface area (TPSA) is 32.3 Å². The second kappa shape index (κ2) is 4.81. The molecule has 0 bridgehead atoms. The monoisotopic (exact) mass is 231 g/mol. The summed E-state index contributed by atoms with van der Waals surface area (Å²) < 4.78 is 13.0. The van der Waals surface area contributed by atoms with Crippen LogP contribution < -0.4 is 5.32 Å². The molecule has 2 N–H and O–H groups in total. The zero-order chi connectivity index (χ0) is 11.5. The molecule has 0 aliphatic rings. The van der Waals surface area contributed by atoms with Crippen LogP contribution in [-0.4, -0.2) is 17.3 Å². The molecule has 0 heterocycles. The van der Waals surface area contributed by atoms with E-state index in [9.17, 15) is 9.50 Å². The maximum Gasteiger partial charge on any atom is 0.143 e. The fraction of sp³-hybridized carbons (Fsp3) is 0.455. The lowest BCUT2D eigenvalue weighted by molar-refractivity contribution is 0.0749. The Morgan fingerprint density at radius 3 is 2.67 bits per heavy atom. The van der Waals surface area contributed by atoms with Crippen LogP contribution in [0.1, 0.15) is 20.3 Å². The summed E-state index contributed by atoms with van der Waals surface area (Å²) >= 11 is 5.54. The molecule has 4 heteroatoms. The van der Waals surface area contributed by atoms with E-state index in [1.165, 1.54) is 12.1 Å². The van der Waals surface area contributed by atoms with Gasteiger partial charge in [0.15, 0.2) is 0 Å². The quantitative estimate of drug-likeness (QED) is 0.835. The molecule has 84 valence electrons. The summed E-state index contributed by atoms with van der Waals surface area (Å²) in [6.45, 7) is 4.05. The molecule has 0 radical (unpaired) electrons. The Kier molecular flexibility index (Phi) is 3.94. The first-order chi connectivity index (χ1) is 6.88. The third-order valence-electron chi connectivity index (χ3n) is 1.99. The van der Waals surface area contributed by atoms with Crippen molar-refractivity contribution in [2.75, 3.05) is 11.9 Å². The van der Waals surface area contributed by atoms with Gasteiger partial charge in [0.05, 0.1) is 10.6 Å². The van der Waals surface area contributed by atoms with Gasteiger partial charge in [-0.3, -0.25) is 0 Å². The highest BCUT2D eigenvalue weighted by Gasteiger charge is 2.11. The SMILES string of the molecule is CC(C)(O)CCNc1ccc(Cl)c(F)c1. The van der Waals surface area contributed by atoms with Crippen molar-refractivity contribution in [2.24, 2.45) is 0 Å². The van der Waals surface area contributed by atoms with Crippen LogP contribution in [0, 0.1) is 5.82 Å². The van der Waals surface area contributed by atoms with Gasteiger partial charge in [-0.1, -0.05) is 11.6 Å². The van der Waals surface area contributed by atoms with Crippen molar-refractivity contribution < 1.29 is 9.50 Å². The van der Waals surface area contributed by atoms with E-state index in [1.807, 2.05) is 0 Å². The number of halogens is 2. The number of anilines is 1. The first-order valence-corrected chi connectivity index (χ1v) is 5.17.